The number of nitrogens with one attached hydrogen (secondary N) is 1. The van der Waals surface area contributed by atoms with Gasteiger partial charge in [0.1, 0.15) is 11.8 Å². The number of primary amides is 1. The number of nitrogens with two attached hydrogens (primary N) is 1. The number of hydrogen-bond acceptors (Lipinski definition) is 3. The number of rotatable bonds is 6. The lowest BCUT2D eigenvalue weighted by Gasteiger charge is -2.20. The molecular weight excluding hydrogens is 364 g/mol. The van der Waals surface area contributed by atoms with Gasteiger partial charge in [-0.1, -0.05) is 60.7 Å². The number of methoxy groups -OCH3 is 1. The number of ether oxygens (including phenoxy) is 1. The van der Waals surface area contributed by atoms with E-state index in [1.54, 1.807) is 7.11 Å². The Morgan fingerprint density at radius 2 is 1.48 bits per heavy atom. The number of hydrogen-bond donors (Lipinski definition) is 2. The number of benzene rings is 3. The molecule has 0 bridgehead atoms. The molecule has 0 unspecified atom stereocenters. The van der Waals surface area contributed by atoms with Gasteiger partial charge in [0.2, 0.25) is 11.8 Å². The van der Waals surface area contributed by atoms with E-state index in [1.165, 1.54) is 0 Å². The predicted octanol–water partition coefficient (Wildman–Crippen LogP) is 3.02. The number of carbonyl (C=O) groups is 2. The van der Waals surface area contributed by atoms with Gasteiger partial charge in [-0.3, -0.25) is 9.59 Å². The van der Waals surface area contributed by atoms with Crippen LogP contribution >= 0.6 is 0 Å². The standard InChI is InChI=1S/C24H22N2O3/c1-29-16-12-10-15(11-13-16)14-21(23(25)27)26-24(28)22-19-8-4-2-6-17(19)18-7-3-5-9-20(18)22/h2-13,21-22H,14H2,1H3,(H2,25,27)(H,26,28)/t21-/m0/s1. The van der Waals surface area contributed by atoms with E-state index >= 15 is 0 Å². The molecule has 3 aromatic rings. The molecule has 1 aliphatic rings. The highest BCUT2D eigenvalue weighted by Crippen LogP contribution is 2.44. The zero-order valence-corrected chi connectivity index (χ0v) is 16.1. The summed E-state index contributed by atoms with van der Waals surface area (Å²) in [6.07, 6.45) is 0.321. The lowest BCUT2D eigenvalue weighted by Crippen LogP contribution is -2.47. The van der Waals surface area contributed by atoms with Gasteiger partial charge in [-0.05, 0) is 39.9 Å². The van der Waals surface area contributed by atoms with Gasteiger partial charge >= 0.3 is 0 Å². The summed E-state index contributed by atoms with van der Waals surface area (Å²) in [5.41, 5.74) is 10.5. The van der Waals surface area contributed by atoms with Crippen LogP contribution in [0.4, 0.5) is 0 Å². The van der Waals surface area contributed by atoms with Crippen LogP contribution in [0.3, 0.4) is 0 Å². The Balaban J connectivity index is 1.59. The van der Waals surface area contributed by atoms with Gasteiger partial charge in [-0.2, -0.15) is 0 Å². The summed E-state index contributed by atoms with van der Waals surface area (Å²) in [5, 5.41) is 2.87. The molecule has 3 N–H and O–H groups in total. The average molecular weight is 386 g/mol. The number of carbonyl (C=O) groups excluding carboxylic acids is 2. The molecule has 0 radical (unpaired) electrons. The normalized spacial score (nSPS) is 13.3. The van der Waals surface area contributed by atoms with Crippen LogP contribution in [-0.2, 0) is 16.0 Å². The van der Waals surface area contributed by atoms with Crippen molar-refractivity contribution in [1.82, 2.24) is 5.32 Å². The first-order valence-electron chi connectivity index (χ1n) is 9.49. The Morgan fingerprint density at radius 1 is 0.931 bits per heavy atom. The highest BCUT2D eigenvalue weighted by molar-refractivity contribution is 5.98. The Kier molecular flexibility index (Phi) is 5.04. The van der Waals surface area contributed by atoms with Gasteiger partial charge in [0, 0.05) is 6.42 Å². The predicted molar refractivity (Wildman–Crippen MR) is 112 cm³/mol. The molecule has 0 fully saturated rings. The third-order valence-electron chi connectivity index (χ3n) is 5.35. The van der Waals surface area contributed by atoms with Crippen LogP contribution < -0.4 is 15.8 Å². The molecule has 0 saturated carbocycles. The van der Waals surface area contributed by atoms with Crippen LogP contribution in [0.5, 0.6) is 5.75 Å². The maximum Gasteiger partial charge on any atom is 0.240 e. The van der Waals surface area contributed by atoms with Gasteiger partial charge in [-0.15, -0.1) is 0 Å². The largest absolute Gasteiger partial charge is 0.497 e. The molecule has 1 aliphatic carbocycles. The van der Waals surface area contributed by atoms with Crippen molar-refractivity contribution in [3.8, 4) is 16.9 Å². The highest BCUT2D eigenvalue weighted by atomic mass is 16.5. The summed E-state index contributed by atoms with van der Waals surface area (Å²) in [4.78, 5) is 25.3. The SMILES string of the molecule is COc1ccc(C[C@H](NC(=O)C2c3ccccc3-c3ccccc32)C(N)=O)cc1. The maximum atomic E-state index is 13.2. The minimum Gasteiger partial charge on any atom is -0.497 e. The summed E-state index contributed by atoms with van der Waals surface area (Å²) in [6, 6.07) is 22.3. The van der Waals surface area contributed by atoms with Crippen molar-refractivity contribution < 1.29 is 14.3 Å². The molecule has 0 spiro atoms. The molecule has 0 aliphatic heterocycles. The van der Waals surface area contributed by atoms with Crippen LogP contribution in [0.15, 0.2) is 72.8 Å². The van der Waals surface area contributed by atoms with Crippen LogP contribution in [0.2, 0.25) is 0 Å². The quantitative estimate of drug-likeness (QED) is 0.683. The molecule has 2 amide bonds. The minimum atomic E-state index is -0.796. The summed E-state index contributed by atoms with van der Waals surface area (Å²) in [6.45, 7) is 0. The van der Waals surface area contributed by atoms with Crippen molar-refractivity contribution >= 4 is 11.8 Å². The average Bonchev–Trinajstić information content (AvgIpc) is 3.08. The van der Waals surface area contributed by atoms with E-state index in [-0.39, 0.29) is 5.91 Å². The van der Waals surface area contributed by atoms with Gasteiger partial charge in [0.25, 0.3) is 0 Å². The highest BCUT2D eigenvalue weighted by Gasteiger charge is 2.34. The Bertz CT molecular complexity index is 1010. The third kappa shape index (κ3) is 3.59. The van der Waals surface area contributed by atoms with Crippen LogP contribution in [-0.4, -0.2) is 25.0 Å². The summed E-state index contributed by atoms with van der Waals surface area (Å²) < 4.78 is 5.16. The number of fused-ring (bicyclic) bond motifs is 3. The fourth-order valence-corrected chi connectivity index (χ4v) is 3.91. The monoisotopic (exact) mass is 386 g/mol. The van der Waals surface area contributed by atoms with Crippen LogP contribution in [0.25, 0.3) is 11.1 Å². The first kappa shape index (κ1) is 18.7. The summed E-state index contributed by atoms with van der Waals surface area (Å²) in [5.74, 6) is -0.513. The fourth-order valence-electron chi connectivity index (χ4n) is 3.91. The second kappa shape index (κ2) is 7.80. The molecule has 1 atom stereocenters. The van der Waals surface area contributed by atoms with E-state index in [1.807, 2.05) is 72.8 Å². The van der Waals surface area contributed by atoms with Crippen molar-refractivity contribution in [3.05, 3.63) is 89.5 Å². The topological polar surface area (TPSA) is 81.4 Å². The van der Waals surface area contributed by atoms with Crippen molar-refractivity contribution in [3.63, 3.8) is 0 Å². The molecular formula is C24H22N2O3. The molecule has 0 saturated heterocycles. The van der Waals surface area contributed by atoms with Crippen molar-refractivity contribution in [2.24, 2.45) is 5.73 Å². The summed E-state index contributed by atoms with van der Waals surface area (Å²) in [7, 11) is 1.60. The molecule has 146 valence electrons. The molecule has 4 rings (SSSR count). The van der Waals surface area contributed by atoms with Crippen molar-refractivity contribution in [2.45, 2.75) is 18.4 Å². The minimum absolute atomic E-state index is 0.222. The van der Waals surface area contributed by atoms with Crippen LogP contribution in [0, 0.1) is 0 Å². The Morgan fingerprint density at radius 3 is 2.00 bits per heavy atom. The number of amides is 2. The van der Waals surface area contributed by atoms with Crippen molar-refractivity contribution in [1.29, 1.82) is 0 Å². The fraction of sp³-hybridized carbons (Fsp3) is 0.167. The zero-order chi connectivity index (χ0) is 20.4. The maximum absolute atomic E-state index is 13.2. The van der Waals surface area contributed by atoms with E-state index in [2.05, 4.69) is 5.32 Å². The van der Waals surface area contributed by atoms with Crippen molar-refractivity contribution in [2.75, 3.05) is 7.11 Å². The molecule has 0 aromatic heterocycles. The zero-order valence-electron chi connectivity index (χ0n) is 16.1. The van der Waals surface area contributed by atoms with Gasteiger partial charge in [0.15, 0.2) is 0 Å². The molecule has 0 heterocycles. The molecule has 5 nitrogen and oxygen atoms in total. The van der Waals surface area contributed by atoms with E-state index in [0.717, 1.165) is 33.6 Å². The van der Waals surface area contributed by atoms with E-state index in [0.29, 0.717) is 6.42 Å². The Hall–Kier alpha value is -3.60. The lowest BCUT2D eigenvalue weighted by molar-refractivity contribution is -0.127. The van der Waals surface area contributed by atoms with E-state index in [4.69, 9.17) is 10.5 Å². The van der Waals surface area contributed by atoms with Gasteiger partial charge in [-0.25, -0.2) is 0 Å². The lowest BCUT2D eigenvalue weighted by atomic mass is 9.95. The molecule has 3 aromatic carbocycles. The summed E-state index contributed by atoms with van der Waals surface area (Å²) >= 11 is 0. The second-order valence-corrected chi connectivity index (χ2v) is 7.12. The van der Waals surface area contributed by atoms with E-state index in [9.17, 15) is 9.59 Å². The molecule has 5 heteroatoms. The smallest absolute Gasteiger partial charge is 0.240 e. The second-order valence-electron chi connectivity index (χ2n) is 7.12. The molecule has 29 heavy (non-hydrogen) atoms. The van der Waals surface area contributed by atoms with E-state index < -0.39 is 17.9 Å². The first-order valence-corrected chi connectivity index (χ1v) is 9.49. The van der Waals surface area contributed by atoms with Gasteiger partial charge in [0.05, 0.1) is 13.0 Å². The third-order valence-corrected chi connectivity index (χ3v) is 5.35. The van der Waals surface area contributed by atoms with Gasteiger partial charge < -0.3 is 15.8 Å². The van der Waals surface area contributed by atoms with Crippen LogP contribution in [0.1, 0.15) is 22.6 Å². The first-order chi connectivity index (χ1) is 14.1. The Labute approximate surface area is 169 Å².